The average molecular weight is 266 g/mol. The third-order valence-corrected chi connectivity index (χ3v) is 4.01. The summed E-state index contributed by atoms with van der Waals surface area (Å²) >= 11 is 0. The zero-order chi connectivity index (χ0) is 14.1. The molecule has 0 bridgehead atoms. The van der Waals surface area contributed by atoms with Crippen LogP contribution in [-0.2, 0) is 19.5 Å². The molecule has 0 aromatic heterocycles. The molecule has 0 saturated heterocycles. The molecule has 2 aromatic rings. The zero-order valence-corrected chi connectivity index (χ0v) is 12.3. The molecule has 3 rings (SSSR count). The molecular weight excluding hydrogens is 244 g/mol. The van der Waals surface area contributed by atoms with Gasteiger partial charge in [0.05, 0.1) is 0 Å². The van der Waals surface area contributed by atoms with Crippen molar-refractivity contribution in [2.45, 2.75) is 33.4 Å². The zero-order valence-electron chi connectivity index (χ0n) is 12.3. The topological polar surface area (TPSA) is 29.3 Å². The Labute approximate surface area is 121 Å². The molecule has 0 radical (unpaired) electrons. The van der Waals surface area contributed by atoms with Gasteiger partial charge in [0.1, 0.15) is 0 Å². The summed E-state index contributed by atoms with van der Waals surface area (Å²) in [7, 11) is 0. The van der Waals surface area contributed by atoms with Gasteiger partial charge < -0.3 is 5.73 Å². The molecule has 20 heavy (non-hydrogen) atoms. The molecule has 2 nitrogen and oxygen atoms in total. The number of anilines is 1. The van der Waals surface area contributed by atoms with Crippen LogP contribution in [0.4, 0.5) is 5.69 Å². The van der Waals surface area contributed by atoms with Gasteiger partial charge in [-0.1, -0.05) is 35.4 Å². The van der Waals surface area contributed by atoms with Crippen LogP contribution in [0.2, 0.25) is 0 Å². The maximum Gasteiger partial charge on any atom is 0.0317 e. The largest absolute Gasteiger partial charge is 0.399 e. The van der Waals surface area contributed by atoms with Crippen LogP contribution in [-0.4, -0.2) is 11.4 Å². The van der Waals surface area contributed by atoms with Crippen molar-refractivity contribution in [1.82, 2.24) is 4.90 Å². The van der Waals surface area contributed by atoms with E-state index < -0.39 is 0 Å². The number of fused-ring (bicyclic) bond motifs is 1. The second-order valence-corrected chi connectivity index (χ2v) is 5.98. The Morgan fingerprint density at radius 3 is 2.50 bits per heavy atom. The average Bonchev–Trinajstić information content (AvgIpc) is 2.37. The molecule has 0 unspecified atom stereocenters. The third-order valence-electron chi connectivity index (χ3n) is 4.01. The van der Waals surface area contributed by atoms with Crippen molar-refractivity contribution in [3.63, 3.8) is 0 Å². The van der Waals surface area contributed by atoms with Crippen LogP contribution in [0, 0.1) is 13.8 Å². The summed E-state index contributed by atoms with van der Waals surface area (Å²) in [6.45, 7) is 7.50. The smallest absolute Gasteiger partial charge is 0.0317 e. The summed E-state index contributed by atoms with van der Waals surface area (Å²) in [4.78, 5) is 2.51. The molecule has 0 saturated carbocycles. The fraction of sp³-hybridized carbons (Fsp3) is 0.333. The third kappa shape index (κ3) is 2.86. The van der Waals surface area contributed by atoms with E-state index in [2.05, 4.69) is 49.1 Å². The van der Waals surface area contributed by atoms with Crippen molar-refractivity contribution in [3.05, 3.63) is 64.2 Å². The van der Waals surface area contributed by atoms with Gasteiger partial charge in [0.2, 0.25) is 0 Å². The minimum atomic E-state index is 0.872. The standard InChI is InChI=1S/C18H22N2/c1-13-7-14(2)9-15(8-13)11-20-6-5-16-3-4-18(19)10-17(16)12-20/h3-4,7-10H,5-6,11-12,19H2,1-2H3. The summed E-state index contributed by atoms with van der Waals surface area (Å²) in [5.41, 5.74) is 13.7. The van der Waals surface area contributed by atoms with E-state index in [4.69, 9.17) is 5.73 Å². The molecule has 0 atom stereocenters. The van der Waals surface area contributed by atoms with Gasteiger partial charge in [-0.25, -0.2) is 0 Å². The van der Waals surface area contributed by atoms with Crippen LogP contribution in [0.3, 0.4) is 0 Å². The maximum atomic E-state index is 5.90. The first kappa shape index (κ1) is 13.2. The summed E-state index contributed by atoms with van der Waals surface area (Å²) < 4.78 is 0. The Bertz CT molecular complexity index is 611. The molecule has 1 aliphatic heterocycles. The number of nitrogens with zero attached hydrogens (tertiary/aromatic N) is 1. The minimum absolute atomic E-state index is 0.872. The fourth-order valence-electron chi connectivity index (χ4n) is 3.19. The van der Waals surface area contributed by atoms with E-state index in [0.29, 0.717) is 0 Å². The molecule has 1 aliphatic rings. The second-order valence-electron chi connectivity index (χ2n) is 5.98. The molecule has 104 valence electrons. The Morgan fingerprint density at radius 1 is 1.00 bits per heavy atom. The van der Waals surface area contributed by atoms with E-state index in [1.165, 1.54) is 27.8 Å². The molecule has 2 aromatic carbocycles. The van der Waals surface area contributed by atoms with Gasteiger partial charge in [0, 0.05) is 25.3 Å². The summed E-state index contributed by atoms with van der Waals surface area (Å²) in [6, 6.07) is 13.1. The summed E-state index contributed by atoms with van der Waals surface area (Å²) in [5, 5.41) is 0. The lowest BCUT2D eigenvalue weighted by molar-refractivity contribution is 0.245. The highest BCUT2D eigenvalue weighted by Gasteiger charge is 2.16. The van der Waals surface area contributed by atoms with Gasteiger partial charge in [0.25, 0.3) is 0 Å². The molecule has 0 aliphatic carbocycles. The van der Waals surface area contributed by atoms with Crippen LogP contribution < -0.4 is 5.73 Å². The molecule has 1 heterocycles. The highest BCUT2D eigenvalue weighted by Crippen LogP contribution is 2.23. The Hall–Kier alpha value is -1.80. The van der Waals surface area contributed by atoms with Gasteiger partial charge >= 0.3 is 0 Å². The first-order chi connectivity index (χ1) is 9.60. The SMILES string of the molecule is Cc1cc(C)cc(CN2CCc3ccc(N)cc3C2)c1. The molecule has 0 spiro atoms. The van der Waals surface area contributed by atoms with Crippen molar-refractivity contribution in [2.24, 2.45) is 0 Å². The number of nitrogen functional groups attached to an aromatic ring is 1. The van der Waals surface area contributed by atoms with Crippen molar-refractivity contribution >= 4 is 5.69 Å². The Morgan fingerprint density at radius 2 is 1.75 bits per heavy atom. The van der Waals surface area contributed by atoms with Gasteiger partial charge in [-0.3, -0.25) is 4.90 Å². The summed E-state index contributed by atoms with van der Waals surface area (Å²) in [6.07, 6.45) is 1.13. The van der Waals surface area contributed by atoms with Crippen molar-refractivity contribution in [2.75, 3.05) is 12.3 Å². The highest BCUT2D eigenvalue weighted by molar-refractivity contribution is 5.45. The first-order valence-corrected chi connectivity index (χ1v) is 7.27. The number of aryl methyl sites for hydroxylation is 2. The Kier molecular flexibility index (Phi) is 3.49. The van der Waals surface area contributed by atoms with Crippen molar-refractivity contribution in [1.29, 1.82) is 0 Å². The van der Waals surface area contributed by atoms with Gasteiger partial charge in [-0.15, -0.1) is 0 Å². The van der Waals surface area contributed by atoms with Gasteiger partial charge in [-0.05, 0) is 49.1 Å². The fourth-order valence-corrected chi connectivity index (χ4v) is 3.19. The molecule has 2 heteroatoms. The Balaban J connectivity index is 1.77. The normalized spacial score (nSPS) is 15.1. The first-order valence-electron chi connectivity index (χ1n) is 7.27. The molecule has 0 fully saturated rings. The van der Waals surface area contributed by atoms with Crippen LogP contribution >= 0.6 is 0 Å². The number of hydrogen-bond donors (Lipinski definition) is 1. The number of rotatable bonds is 2. The van der Waals surface area contributed by atoms with Crippen molar-refractivity contribution in [3.8, 4) is 0 Å². The number of benzene rings is 2. The van der Waals surface area contributed by atoms with E-state index in [9.17, 15) is 0 Å². The number of hydrogen-bond acceptors (Lipinski definition) is 2. The lowest BCUT2D eigenvalue weighted by atomic mass is 9.98. The molecular formula is C18H22N2. The quantitative estimate of drug-likeness (QED) is 0.844. The molecule has 0 amide bonds. The highest BCUT2D eigenvalue weighted by atomic mass is 15.1. The summed E-state index contributed by atoms with van der Waals surface area (Å²) in [5.74, 6) is 0. The predicted molar refractivity (Wildman–Crippen MR) is 84.6 cm³/mol. The van der Waals surface area contributed by atoms with Crippen LogP contribution in [0.1, 0.15) is 27.8 Å². The lowest BCUT2D eigenvalue weighted by Crippen LogP contribution is -2.30. The van der Waals surface area contributed by atoms with E-state index in [1.54, 1.807) is 0 Å². The number of nitrogens with two attached hydrogens (primary N) is 1. The van der Waals surface area contributed by atoms with E-state index in [0.717, 1.165) is 31.7 Å². The monoisotopic (exact) mass is 266 g/mol. The minimum Gasteiger partial charge on any atom is -0.399 e. The van der Waals surface area contributed by atoms with E-state index in [1.807, 2.05) is 6.07 Å². The van der Waals surface area contributed by atoms with Crippen LogP contribution in [0.25, 0.3) is 0 Å². The van der Waals surface area contributed by atoms with Crippen LogP contribution in [0.15, 0.2) is 36.4 Å². The molecule has 2 N–H and O–H groups in total. The second kappa shape index (κ2) is 5.29. The van der Waals surface area contributed by atoms with E-state index in [-0.39, 0.29) is 0 Å². The lowest BCUT2D eigenvalue weighted by Gasteiger charge is -2.29. The van der Waals surface area contributed by atoms with Crippen LogP contribution in [0.5, 0.6) is 0 Å². The van der Waals surface area contributed by atoms with E-state index >= 15 is 0 Å². The van der Waals surface area contributed by atoms with Crippen molar-refractivity contribution < 1.29 is 0 Å². The van der Waals surface area contributed by atoms with Gasteiger partial charge in [0.15, 0.2) is 0 Å². The van der Waals surface area contributed by atoms with Gasteiger partial charge in [-0.2, -0.15) is 0 Å². The maximum absolute atomic E-state index is 5.90. The predicted octanol–water partition coefficient (Wildman–Crippen LogP) is 3.44.